The maximum atomic E-state index is 9.14. The summed E-state index contributed by atoms with van der Waals surface area (Å²) in [6.07, 6.45) is 1.44. The van der Waals surface area contributed by atoms with Crippen molar-refractivity contribution < 1.29 is 67.6 Å². The topological polar surface area (TPSA) is 80.3 Å². The van der Waals surface area contributed by atoms with Gasteiger partial charge in [-0.1, -0.05) is 13.2 Å². The molecule has 0 fully saturated rings. The molecule has 0 aliphatic heterocycles. The van der Waals surface area contributed by atoms with Gasteiger partial charge in [-0.05, 0) is 12.2 Å². The van der Waals surface area contributed by atoms with E-state index in [4.69, 9.17) is 19.8 Å². The van der Waals surface area contributed by atoms with E-state index in [2.05, 4.69) is 13.2 Å². The SMILES string of the molecule is C=CC(=O)[O-].C=CC(=O)[O-].[Co+2].[H-].[Na+]. The van der Waals surface area contributed by atoms with E-state index in [0.717, 1.165) is 12.2 Å². The van der Waals surface area contributed by atoms with Crippen LogP contribution in [0.4, 0.5) is 0 Å². The quantitative estimate of drug-likeness (QED) is 0.348. The average Bonchev–Trinajstić information content (AvgIpc) is 1.89. The van der Waals surface area contributed by atoms with Crippen LogP contribution in [0.1, 0.15) is 1.43 Å². The summed E-state index contributed by atoms with van der Waals surface area (Å²) in [5.74, 6) is -2.46. The maximum absolute atomic E-state index is 9.14. The van der Waals surface area contributed by atoms with Gasteiger partial charge in [0.05, 0.1) is 11.9 Å². The Morgan fingerprint density at radius 1 is 1.08 bits per heavy atom. The predicted molar refractivity (Wildman–Crippen MR) is 31.5 cm³/mol. The van der Waals surface area contributed by atoms with Gasteiger partial charge in [0.15, 0.2) is 0 Å². The van der Waals surface area contributed by atoms with Gasteiger partial charge >= 0.3 is 46.3 Å². The van der Waals surface area contributed by atoms with Gasteiger partial charge in [0.25, 0.3) is 0 Å². The fourth-order valence-corrected chi connectivity index (χ4v) is 0. The van der Waals surface area contributed by atoms with Crippen LogP contribution in [0.25, 0.3) is 0 Å². The molecule has 0 unspecified atom stereocenters. The number of hydrogen-bond acceptors (Lipinski definition) is 4. The van der Waals surface area contributed by atoms with E-state index in [1.807, 2.05) is 0 Å². The van der Waals surface area contributed by atoms with Crippen molar-refractivity contribution >= 4 is 11.9 Å². The molecule has 0 aromatic rings. The molecule has 0 spiro atoms. The minimum atomic E-state index is -1.23. The van der Waals surface area contributed by atoms with Crippen LogP contribution >= 0.6 is 0 Å². The Morgan fingerprint density at radius 2 is 1.17 bits per heavy atom. The zero-order valence-electron chi connectivity index (χ0n) is 7.54. The number of carboxylic acids is 2. The van der Waals surface area contributed by atoms with Gasteiger partial charge in [-0.3, -0.25) is 0 Å². The van der Waals surface area contributed by atoms with Gasteiger partial charge in [-0.2, -0.15) is 0 Å². The maximum Gasteiger partial charge on any atom is 2.00 e. The van der Waals surface area contributed by atoms with Crippen LogP contribution in [0.3, 0.4) is 0 Å². The summed E-state index contributed by atoms with van der Waals surface area (Å²) in [4.78, 5) is 18.3. The molecule has 65 valence electrons. The van der Waals surface area contributed by atoms with Crippen molar-refractivity contribution in [3.8, 4) is 0 Å². The monoisotopic (exact) mass is 225 g/mol. The van der Waals surface area contributed by atoms with Crippen LogP contribution < -0.4 is 39.8 Å². The minimum Gasteiger partial charge on any atom is -1.00 e. The molecule has 4 nitrogen and oxygen atoms in total. The van der Waals surface area contributed by atoms with Crippen molar-refractivity contribution in [3.05, 3.63) is 25.3 Å². The van der Waals surface area contributed by atoms with Crippen LogP contribution in [0.15, 0.2) is 25.3 Å². The molecule has 1 radical (unpaired) electrons. The Balaban J connectivity index is -0.0000000267. The molecule has 0 saturated heterocycles. The third-order valence-electron chi connectivity index (χ3n) is 0.333. The van der Waals surface area contributed by atoms with Gasteiger partial charge in [0.2, 0.25) is 0 Å². The first-order valence-corrected chi connectivity index (χ1v) is 2.21. The van der Waals surface area contributed by atoms with Gasteiger partial charge in [-0.15, -0.1) is 0 Å². The molecule has 12 heavy (non-hydrogen) atoms. The number of carboxylic acid groups (broad SMARTS) is 2. The Labute approximate surface area is 104 Å². The van der Waals surface area contributed by atoms with Crippen LogP contribution in [0.5, 0.6) is 0 Å². The fourth-order valence-electron chi connectivity index (χ4n) is 0. The fraction of sp³-hybridized carbons (Fsp3) is 0. The molecule has 0 aliphatic carbocycles. The zero-order chi connectivity index (χ0) is 8.57. The normalized spacial score (nSPS) is 5.33. The van der Waals surface area contributed by atoms with Crippen LogP contribution in [0.2, 0.25) is 0 Å². The molecule has 0 saturated carbocycles. The second-order valence-electron chi connectivity index (χ2n) is 1.05. The third-order valence-corrected chi connectivity index (χ3v) is 0.333. The second kappa shape index (κ2) is 17.1. The first-order valence-electron chi connectivity index (χ1n) is 2.21. The zero-order valence-corrected chi connectivity index (χ0v) is 9.58. The van der Waals surface area contributed by atoms with E-state index in [1.54, 1.807) is 0 Å². The molecular formula is C6H7CoNaO4. The van der Waals surface area contributed by atoms with Crippen molar-refractivity contribution in [2.24, 2.45) is 0 Å². The number of aliphatic carboxylic acids is 2. The molecule has 0 aliphatic rings. The summed E-state index contributed by atoms with van der Waals surface area (Å²) in [5, 5.41) is 18.3. The summed E-state index contributed by atoms with van der Waals surface area (Å²) in [6, 6.07) is 0. The number of carbonyl (C=O) groups is 2. The smallest absolute Gasteiger partial charge is 1.00 e. The van der Waals surface area contributed by atoms with E-state index in [-0.39, 0.29) is 47.8 Å². The van der Waals surface area contributed by atoms with E-state index < -0.39 is 11.9 Å². The summed E-state index contributed by atoms with van der Waals surface area (Å²) in [7, 11) is 0. The Kier molecular flexibility index (Phi) is 32.4. The average molecular weight is 225 g/mol. The Morgan fingerprint density at radius 3 is 1.17 bits per heavy atom. The van der Waals surface area contributed by atoms with Crippen molar-refractivity contribution in [3.63, 3.8) is 0 Å². The van der Waals surface area contributed by atoms with E-state index >= 15 is 0 Å². The van der Waals surface area contributed by atoms with Gasteiger partial charge < -0.3 is 21.2 Å². The predicted octanol–water partition coefficient (Wildman–Crippen LogP) is -5.04. The van der Waals surface area contributed by atoms with E-state index in [0.29, 0.717) is 0 Å². The summed E-state index contributed by atoms with van der Waals surface area (Å²) >= 11 is 0. The van der Waals surface area contributed by atoms with Gasteiger partial charge in [0.1, 0.15) is 0 Å². The molecule has 0 bridgehead atoms. The number of carbonyl (C=O) groups excluding carboxylic acids is 2. The van der Waals surface area contributed by atoms with E-state index in [1.165, 1.54) is 0 Å². The van der Waals surface area contributed by atoms with Gasteiger partial charge in [-0.25, -0.2) is 0 Å². The van der Waals surface area contributed by atoms with Crippen LogP contribution in [-0.4, -0.2) is 11.9 Å². The standard InChI is InChI=1S/2C3H4O2.Co.Na.H/c2*1-2-3(4)5;;;/h2*2H,1H2,(H,4,5);;;/q;;+2;+1;-1/p-2. The molecule has 0 aromatic carbocycles. The van der Waals surface area contributed by atoms with E-state index in [9.17, 15) is 0 Å². The molecule has 0 rings (SSSR count). The first kappa shape index (κ1) is 22.7. The molecule has 6 heteroatoms. The van der Waals surface area contributed by atoms with Gasteiger partial charge in [0, 0.05) is 0 Å². The van der Waals surface area contributed by atoms with Crippen LogP contribution in [-0.2, 0) is 26.4 Å². The molecule has 0 atom stereocenters. The largest absolute Gasteiger partial charge is 2.00 e. The molecular weight excluding hydrogens is 218 g/mol. The van der Waals surface area contributed by atoms with Crippen molar-refractivity contribution in [1.29, 1.82) is 0 Å². The van der Waals surface area contributed by atoms with Crippen LogP contribution in [0, 0.1) is 0 Å². The summed E-state index contributed by atoms with van der Waals surface area (Å²) < 4.78 is 0. The minimum absolute atomic E-state index is 0. The molecule has 0 aromatic heterocycles. The Bertz CT molecular complexity index is 145. The first-order chi connectivity index (χ1) is 4.54. The second-order valence-corrected chi connectivity index (χ2v) is 1.05. The molecule has 0 heterocycles. The number of hydrogen-bond donors (Lipinski definition) is 0. The third kappa shape index (κ3) is 51.3. The van der Waals surface area contributed by atoms with Crippen molar-refractivity contribution in [2.75, 3.05) is 0 Å². The molecule has 0 amide bonds. The Hall–Kier alpha value is -0.0735. The number of rotatable bonds is 2. The van der Waals surface area contributed by atoms with Crippen molar-refractivity contribution in [1.82, 2.24) is 0 Å². The van der Waals surface area contributed by atoms with Crippen molar-refractivity contribution in [2.45, 2.75) is 0 Å². The summed E-state index contributed by atoms with van der Waals surface area (Å²) in [6.45, 7) is 5.80. The molecule has 0 N–H and O–H groups in total. The summed E-state index contributed by atoms with van der Waals surface area (Å²) in [5.41, 5.74) is 0.